The minimum Gasteiger partial charge on any atom is -0.300 e. The number of hydrogen-bond acceptors (Lipinski definition) is 1. The van der Waals surface area contributed by atoms with Crippen LogP contribution in [0.5, 0.6) is 0 Å². The fourth-order valence-corrected chi connectivity index (χ4v) is 7.30. The molecule has 1 heterocycles. The smallest absolute Gasteiger partial charge is 0.00952 e. The Morgan fingerprint density at radius 1 is 0.317 bits per heavy atom. The van der Waals surface area contributed by atoms with Gasteiger partial charge in [0, 0.05) is 6.04 Å². The Morgan fingerprint density at radius 2 is 0.537 bits per heavy atom. The van der Waals surface area contributed by atoms with Crippen molar-refractivity contribution in [2.45, 2.75) is 245 Å². The van der Waals surface area contributed by atoms with Crippen molar-refractivity contribution in [2.75, 3.05) is 13.1 Å². The predicted molar refractivity (Wildman–Crippen MR) is 188 cm³/mol. The summed E-state index contributed by atoms with van der Waals surface area (Å²) >= 11 is 0. The highest BCUT2D eigenvalue weighted by molar-refractivity contribution is 4.76. The Labute approximate surface area is 262 Å². The van der Waals surface area contributed by atoms with E-state index in [0.717, 1.165) is 6.04 Å². The molecule has 0 aromatic carbocycles. The lowest BCUT2D eigenvalue weighted by Gasteiger charge is -2.27. The van der Waals surface area contributed by atoms with Gasteiger partial charge in [0.15, 0.2) is 0 Å². The van der Waals surface area contributed by atoms with Crippen molar-refractivity contribution < 1.29 is 0 Å². The quantitative estimate of drug-likeness (QED) is 0.0690. The molecule has 0 saturated carbocycles. The first-order valence-electron chi connectivity index (χ1n) is 20.1. The molecule has 0 aromatic heterocycles. The monoisotopic (exact) mass is 576 g/mol. The lowest BCUT2D eigenvalue weighted by molar-refractivity contribution is 0.209. The van der Waals surface area contributed by atoms with Gasteiger partial charge in [0.25, 0.3) is 0 Å². The number of likely N-dealkylation sites (tertiary alicyclic amines) is 1. The Hall–Kier alpha value is -0.0400. The van der Waals surface area contributed by atoms with Crippen LogP contribution in [-0.2, 0) is 0 Å². The zero-order valence-corrected chi connectivity index (χ0v) is 29.2. The second-order valence-electron chi connectivity index (χ2n) is 14.2. The summed E-state index contributed by atoms with van der Waals surface area (Å²) in [5, 5.41) is 0. The maximum atomic E-state index is 2.87. The van der Waals surface area contributed by atoms with Gasteiger partial charge >= 0.3 is 0 Å². The highest BCUT2D eigenvalue weighted by atomic mass is 15.2. The third kappa shape index (κ3) is 27.3. The third-order valence-corrected chi connectivity index (χ3v) is 10.2. The van der Waals surface area contributed by atoms with Gasteiger partial charge in [0.1, 0.15) is 0 Å². The van der Waals surface area contributed by atoms with Gasteiger partial charge in [-0.3, -0.25) is 0 Å². The molecule has 246 valence electrons. The van der Waals surface area contributed by atoms with Crippen molar-refractivity contribution in [3.8, 4) is 0 Å². The fourth-order valence-electron chi connectivity index (χ4n) is 7.30. The van der Waals surface area contributed by atoms with Gasteiger partial charge in [-0.1, -0.05) is 213 Å². The van der Waals surface area contributed by atoms with E-state index in [1.165, 1.54) is 238 Å². The van der Waals surface area contributed by atoms with Crippen LogP contribution in [0.4, 0.5) is 0 Å². The number of unbranched alkanes of at least 4 members (excludes halogenated alkanes) is 29. The molecule has 1 nitrogen and oxygen atoms in total. The van der Waals surface area contributed by atoms with E-state index in [9.17, 15) is 0 Å². The van der Waals surface area contributed by atoms with Crippen LogP contribution in [0.2, 0.25) is 0 Å². The largest absolute Gasteiger partial charge is 0.300 e. The molecule has 0 aliphatic carbocycles. The van der Waals surface area contributed by atoms with Crippen LogP contribution in [0.15, 0.2) is 0 Å². The number of hydrogen-bond donors (Lipinski definition) is 0. The summed E-state index contributed by atoms with van der Waals surface area (Å²) in [5.41, 5.74) is 0. The molecule has 1 saturated heterocycles. The summed E-state index contributed by atoms with van der Waals surface area (Å²) in [6.07, 6.45) is 51.6. The molecule has 0 amide bonds. The van der Waals surface area contributed by atoms with Gasteiger partial charge in [-0.2, -0.15) is 0 Å². The zero-order valence-electron chi connectivity index (χ0n) is 29.2. The normalized spacial score (nSPS) is 14.8. The summed E-state index contributed by atoms with van der Waals surface area (Å²) in [6, 6.07) is 0.909. The molecule has 0 radical (unpaired) electrons. The first kappa shape index (κ1) is 39.0. The van der Waals surface area contributed by atoms with E-state index < -0.39 is 0 Å². The molecule has 1 atom stereocenters. The standard InChI is InChI=1S/C40H81N/c1-3-5-7-9-11-13-15-16-17-18-19-20-21-22-23-24-25-27-29-31-33-37-40(41-38-34-35-39-41)36-32-30-28-26-14-12-10-8-6-4-2/h40H,3-39H2,1-2H3. The molecule has 1 heteroatoms. The van der Waals surface area contributed by atoms with Crippen molar-refractivity contribution in [2.24, 2.45) is 0 Å². The summed E-state index contributed by atoms with van der Waals surface area (Å²) in [5.74, 6) is 0. The average Bonchev–Trinajstić information content (AvgIpc) is 3.53. The average molecular weight is 576 g/mol. The van der Waals surface area contributed by atoms with Crippen LogP contribution in [0.25, 0.3) is 0 Å². The van der Waals surface area contributed by atoms with Gasteiger partial charge < -0.3 is 4.90 Å². The van der Waals surface area contributed by atoms with Gasteiger partial charge in [-0.05, 0) is 38.8 Å². The first-order chi connectivity index (χ1) is 20.4. The molecular weight excluding hydrogens is 494 g/mol. The minimum atomic E-state index is 0.909. The molecule has 0 bridgehead atoms. The molecule has 1 rings (SSSR count). The van der Waals surface area contributed by atoms with Crippen molar-refractivity contribution in [1.29, 1.82) is 0 Å². The van der Waals surface area contributed by atoms with E-state index >= 15 is 0 Å². The van der Waals surface area contributed by atoms with Gasteiger partial charge in [-0.25, -0.2) is 0 Å². The molecule has 1 aliphatic rings. The van der Waals surface area contributed by atoms with Crippen LogP contribution in [0, 0.1) is 0 Å². The molecular formula is C40H81N. The van der Waals surface area contributed by atoms with E-state index in [2.05, 4.69) is 18.7 Å². The predicted octanol–water partition coefficient (Wildman–Crippen LogP) is 14.4. The van der Waals surface area contributed by atoms with Crippen molar-refractivity contribution in [3.05, 3.63) is 0 Å². The topological polar surface area (TPSA) is 3.24 Å². The van der Waals surface area contributed by atoms with Crippen LogP contribution in [-0.4, -0.2) is 24.0 Å². The number of rotatable bonds is 34. The lowest BCUT2D eigenvalue weighted by Crippen LogP contribution is -2.32. The Kier molecular flexibility index (Phi) is 31.2. The van der Waals surface area contributed by atoms with Gasteiger partial charge in [-0.15, -0.1) is 0 Å². The minimum absolute atomic E-state index is 0.909. The molecule has 1 fully saturated rings. The van der Waals surface area contributed by atoms with E-state index in [0.29, 0.717) is 0 Å². The highest BCUT2D eigenvalue weighted by Crippen LogP contribution is 2.23. The van der Waals surface area contributed by atoms with E-state index in [1.807, 2.05) is 0 Å². The summed E-state index contributed by atoms with van der Waals surface area (Å²) < 4.78 is 0. The molecule has 1 aliphatic heterocycles. The van der Waals surface area contributed by atoms with E-state index in [4.69, 9.17) is 0 Å². The molecule has 1 unspecified atom stereocenters. The Balaban J connectivity index is 1.85. The van der Waals surface area contributed by atoms with Gasteiger partial charge in [0.05, 0.1) is 0 Å². The first-order valence-corrected chi connectivity index (χ1v) is 20.1. The van der Waals surface area contributed by atoms with Crippen LogP contribution in [0.3, 0.4) is 0 Å². The molecule has 41 heavy (non-hydrogen) atoms. The van der Waals surface area contributed by atoms with E-state index in [-0.39, 0.29) is 0 Å². The van der Waals surface area contributed by atoms with Gasteiger partial charge in [0.2, 0.25) is 0 Å². The highest BCUT2D eigenvalue weighted by Gasteiger charge is 2.20. The molecule has 0 N–H and O–H groups in total. The van der Waals surface area contributed by atoms with Crippen molar-refractivity contribution in [1.82, 2.24) is 4.90 Å². The zero-order chi connectivity index (χ0) is 29.3. The van der Waals surface area contributed by atoms with E-state index in [1.54, 1.807) is 0 Å². The SMILES string of the molecule is CCCCCCCCCCCCCCCCCCCCCCCC(CCCCCCCCCCCC)N1CCCC1. The maximum Gasteiger partial charge on any atom is 0.00952 e. The number of nitrogens with zero attached hydrogens (tertiary/aromatic N) is 1. The second kappa shape index (κ2) is 32.9. The fraction of sp³-hybridized carbons (Fsp3) is 1.00. The van der Waals surface area contributed by atoms with Crippen LogP contribution < -0.4 is 0 Å². The lowest BCUT2D eigenvalue weighted by atomic mass is 9.98. The summed E-state index contributed by atoms with van der Waals surface area (Å²) in [6.45, 7) is 7.41. The Morgan fingerprint density at radius 3 is 0.780 bits per heavy atom. The van der Waals surface area contributed by atoms with Crippen molar-refractivity contribution >= 4 is 0 Å². The molecule has 0 spiro atoms. The Bertz CT molecular complexity index is 467. The van der Waals surface area contributed by atoms with Crippen LogP contribution in [0.1, 0.15) is 239 Å². The summed E-state index contributed by atoms with van der Waals surface area (Å²) in [4.78, 5) is 2.87. The summed E-state index contributed by atoms with van der Waals surface area (Å²) in [7, 11) is 0. The second-order valence-corrected chi connectivity index (χ2v) is 14.2. The molecule has 0 aromatic rings. The maximum absolute atomic E-state index is 2.87. The van der Waals surface area contributed by atoms with Crippen molar-refractivity contribution in [3.63, 3.8) is 0 Å². The third-order valence-electron chi connectivity index (χ3n) is 10.2. The van der Waals surface area contributed by atoms with Crippen LogP contribution >= 0.6 is 0 Å².